The van der Waals surface area contributed by atoms with Gasteiger partial charge in [-0.3, -0.25) is 0 Å². The zero-order valence-corrected chi connectivity index (χ0v) is 10.2. The van der Waals surface area contributed by atoms with E-state index >= 15 is 0 Å². The van der Waals surface area contributed by atoms with Crippen molar-refractivity contribution in [3.63, 3.8) is 0 Å². The summed E-state index contributed by atoms with van der Waals surface area (Å²) >= 11 is 0. The van der Waals surface area contributed by atoms with Gasteiger partial charge in [-0.25, -0.2) is 4.79 Å². The van der Waals surface area contributed by atoms with Gasteiger partial charge in [0.1, 0.15) is 17.0 Å². The SMILES string of the molecule is Cc1onc(Cc2ccc3c(c2)OCO3)c1C(=O)O. The second kappa shape index (κ2) is 4.31. The summed E-state index contributed by atoms with van der Waals surface area (Å²) in [6.07, 6.45) is 0.371. The number of rotatable bonds is 3. The highest BCUT2D eigenvalue weighted by Crippen LogP contribution is 2.33. The molecule has 1 N–H and O–H groups in total. The number of fused-ring (bicyclic) bond motifs is 1. The Hall–Kier alpha value is -2.50. The van der Waals surface area contributed by atoms with Crippen LogP contribution in [0, 0.1) is 6.92 Å². The number of aryl methyl sites for hydroxylation is 1. The van der Waals surface area contributed by atoms with E-state index in [2.05, 4.69) is 5.16 Å². The maximum absolute atomic E-state index is 11.1. The van der Waals surface area contributed by atoms with Crippen LogP contribution in [0.25, 0.3) is 0 Å². The molecule has 0 amide bonds. The van der Waals surface area contributed by atoms with Gasteiger partial charge in [0.15, 0.2) is 11.5 Å². The Bertz CT molecular complexity index is 646. The van der Waals surface area contributed by atoms with E-state index in [1.807, 2.05) is 12.1 Å². The van der Waals surface area contributed by atoms with Crippen molar-refractivity contribution in [1.29, 1.82) is 0 Å². The summed E-state index contributed by atoms with van der Waals surface area (Å²) in [5.41, 5.74) is 1.42. The highest BCUT2D eigenvalue weighted by Gasteiger charge is 2.20. The molecular weight excluding hydrogens is 250 g/mol. The van der Waals surface area contributed by atoms with Crippen molar-refractivity contribution in [2.75, 3.05) is 6.79 Å². The highest BCUT2D eigenvalue weighted by molar-refractivity contribution is 5.90. The third-order valence-corrected chi connectivity index (χ3v) is 2.96. The lowest BCUT2D eigenvalue weighted by atomic mass is 10.1. The first kappa shape index (κ1) is 11.6. The summed E-state index contributed by atoms with van der Waals surface area (Å²) in [5.74, 6) is 0.630. The number of nitrogens with zero attached hydrogens (tertiary/aromatic N) is 1. The molecule has 2 aromatic rings. The fraction of sp³-hybridized carbons (Fsp3) is 0.231. The number of benzene rings is 1. The average molecular weight is 261 g/mol. The smallest absolute Gasteiger partial charge is 0.341 e. The van der Waals surface area contributed by atoms with Crippen LogP contribution in [0.4, 0.5) is 0 Å². The molecule has 0 radical (unpaired) electrons. The molecule has 0 saturated heterocycles. The van der Waals surface area contributed by atoms with Gasteiger partial charge in [-0.05, 0) is 24.6 Å². The summed E-state index contributed by atoms with van der Waals surface area (Å²) in [4.78, 5) is 11.1. The van der Waals surface area contributed by atoms with Gasteiger partial charge in [0.2, 0.25) is 6.79 Å². The number of hydrogen-bond donors (Lipinski definition) is 1. The van der Waals surface area contributed by atoms with Crippen molar-refractivity contribution >= 4 is 5.97 Å². The predicted octanol–water partition coefficient (Wildman–Crippen LogP) is 2.00. The Kier molecular flexibility index (Phi) is 2.63. The number of hydrogen-bond acceptors (Lipinski definition) is 5. The molecule has 6 nitrogen and oxygen atoms in total. The van der Waals surface area contributed by atoms with Crippen LogP contribution in [0.5, 0.6) is 11.5 Å². The van der Waals surface area contributed by atoms with E-state index in [9.17, 15) is 4.79 Å². The quantitative estimate of drug-likeness (QED) is 0.910. The van der Waals surface area contributed by atoms with Crippen LogP contribution in [0.3, 0.4) is 0 Å². The molecule has 1 aromatic carbocycles. The minimum Gasteiger partial charge on any atom is -0.477 e. The lowest BCUT2D eigenvalue weighted by Gasteiger charge is -2.01. The number of aromatic carboxylic acids is 1. The Morgan fingerprint density at radius 1 is 1.37 bits per heavy atom. The van der Waals surface area contributed by atoms with Crippen molar-refractivity contribution in [3.8, 4) is 11.5 Å². The molecule has 0 atom stereocenters. The van der Waals surface area contributed by atoms with Gasteiger partial charge in [0, 0.05) is 6.42 Å². The van der Waals surface area contributed by atoms with Gasteiger partial charge < -0.3 is 19.1 Å². The molecule has 1 aromatic heterocycles. The van der Waals surface area contributed by atoms with Gasteiger partial charge >= 0.3 is 5.97 Å². The minimum absolute atomic E-state index is 0.123. The largest absolute Gasteiger partial charge is 0.477 e. The highest BCUT2D eigenvalue weighted by atomic mass is 16.7. The minimum atomic E-state index is -1.03. The first-order valence-electron chi connectivity index (χ1n) is 5.72. The number of carbonyl (C=O) groups is 1. The number of ether oxygens (including phenoxy) is 2. The molecular formula is C13H11NO5. The van der Waals surface area contributed by atoms with E-state index in [0.717, 1.165) is 5.56 Å². The lowest BCUT2D eigenvalue weighted by Crippen LogP contribution is -2.02. The molecule has 0 unspecified atom stereocenters. The van der Waals surface area contributed by atoms with E-state index in [1.165, 1.54) is 0 Å². The van der Waals surface area contributed by atoms with Crippen LogP contribution in [0.15, 0.2) is 22.7 Å². The van der Waals surface area contributed by atoms with Gasteiger partial charge in [-0.1, -0.05) is 11.2 Å². The van der Waals surface area contributed by atoms with Gasteiger partial charge in [-0.15, -0.1) is 0 Å². The molecule has 6 heteroatoms. The first-order chi connectivity index (χ1) is 9.15. The van der Waals surface area contributed by atoms with Gasteiger partial charge in [0.05, 0.1) is 0 Å². The van der Waals surface area contributed by atoms with Crippen molar-refractivity contribution in [2.24, 2.45) is 0 Å². The number of carboxylic acids is 1. The summed E-state index contributed by atoms with van der Waals surface area (Å²) in [5, 5.41) is 12.9. The molecule has 1 aliphatic rings. The lowest BCUT2D eigenvalue weighted by molar-refractivity contribution is 0.0694. The zero-order valence-electron chi connectivity index (χ0n) is 10.2. The van der Waals surface area contributed by atoms with Crippen molar-refractivity contribution in [3.05, 3.63) is 40.8 Å². The van der Waals surface area contributed by atoms with Crippen LogP contribution in [-0.4, -0.2) is 23.0 Å². The summed E-state index contributed by atoms with van der Waals surface area (Å²) in [6.45, 7) is 1.79. The molecule has 2 heterocycles. The summed E-state index contributed by atoms with van der Waals surface area (Å²) < 4.78 is 15.4. The van der Waals surface area contributed by atoms with Crippen LogP contribution in [0.2, 0.25) is 0 Å². The third kappa shape index (κ3) is 2.01. The second-order valence-electron chi connectivity index (χ2n) is 4.23. The normalized spacial score (nSPS) is 12.7. The van der Waals surface area contributed by atoms with E-state index in [4.69, 9.17) is 19.1 Å². The Balaban J connectivity index is 1.91. The monoisotopic (exact) mass is 261 g/mol. The average Bonchev–Trinajstić information content (AvgIpc) is 2.95. The van der Waals surface area contributed by atoms with Gasteiger partial charge in [-0.2, -0.15) is 0 Å². The molecule has 3 rings (SSSR count). The Morgan fingerprint density at radius 3 is 2.95 bits per heavy atom. The van der Waals surface area contributed by atoms with E-state index in [0.29, 0.717) is 29.4 Å². The van der Waals surface area contributed by atoms with Crippen LogP contribution < -0.4 is 9.47 Å². The standard InChI is InChI=1S/C13H11NO5/c1-7-12(13(15)16)9(14-19-7)4-8-2-3-10-11(5-8)18-6-17-10/h2-3,5H,4,6H2,1H3,(H,15,16). The van der Waals surface area contributed by atoms with Crippen molar-refractivity contribution in [1.82, 2.24) is 5.16 Å². The molecule has 0 spiro atoms. The molecule has 0 fully saturated rings. The Labute approximate surface area is 108 Å². The second-order valence-corrected chi connectivity index (χ2v) is 4.23. The topological polar surface area (TPSA) is 81.8 Å². The van der Waals surface area contributed by atoms with Crippen LogP contribution >= 0.6 is 0 Å². The molecule has 19 heavy (non-hydrogen) atoms. The zero-order chi connectivity index (χ0) is 13.4. The van der Waals surface area contributed by atoms with Crippen molar-refractivity contribution in [2.45, 2.75) is 13.3 Å². The fourth-order valence-electron chi connectivity index (χ4n) is 2.06. The van der Waals surface area contributed by atoms with Crippen LogP contribution in [0.1, 0.15) is 27.4 Å². The van der Waals surface area contributed by atoms with E-state index in [1.54, 1.807) is 13.0 Å². The summed E-state index contributed by atoms with van der Waals surface area (Å²) in [6, 6.07) is 5.46. The molecule has 1 aliphatic heterocycles. The fourth-order valence-corrected chi connectivity index (χ4v) is 2.06. The Morgan fingerprint density at radius 2 is 2.16 bits per heavy atom. The molecule has 98 valence electrons. The van der Waals surface area contributed by atoms with Crippen LogP contribution in [-0.2, 0) is 6.42 Å². The first-order valence-corrected chi connectivity index (χ1v) is 5.72. The summed E-state index contributed by atoms with van der Waals surface area (Å²) in [7, 11) is 0. The molecule has 0 aliphatic carbocycles. The maximum Gasteiger partial charge on any atom is 0.341 e. The number of carboxylic acid groups (broad SMARTS) is 1. The molecule has 0 saturated carbocycles. The maximum atomic E-state index is 11.1. The number of aromatic nitrogens is 1. The van der Waals surface area contributed by atoms with Crippen molar-refractivity contribution < 1.29 is 23.9 Å². The van der Waals surface area contributed by atoms with Gasteiger partial charge in [0.25, 0.3) is 0 Å². The third-order valence-electron chi connectivity index (χ3n) is 2.96. The predicted molar refractivity (Wildman–Crippen MR) is 63.6 cm³/mol. The van der Waals surface area contributed by atoms with E-state index in [-0.39, 0.29) is 12.4 Å². The van der Waals surface area contributed by atoms with E-state index < -0.39 is 5.97 Å². The molecule has 0 bridgehead atoms.